The molecule has 1 aromatic carbocycles. The largest absolute Gasteiger partial charge is 0.489 e. The molecule has 1 aliphatic rings. The molecule has 27 heavy (non-hydrogen) atoms. The lowest BCUT2D eigenvalue weighted by Gasteiger charge is -2.11. The van der Waals surface area contributed by atoms with Crippen molar-refractivity contribution >= 4 is 34.9 Å². The van der Waals surface area contributed by atoms with Gasteiger partial charge in [0.05, 0.1) is 40.1 Å². The van der Waals surface area contributed by atoms with Crippen LogP contribution in [0.4, 0.5) is 13.2 Å². The van der Waals surface area contributed by atoms with Crippen molar-refractivity contribution in [2.75, 3.05) is 13.2 Å². The van der Waals surface area contributed by atoms with Crippen molar-refractivity contribution in [2.24, 2.45) is 0 Å². The minimum absolute atomic E-state index is 0.0146. The van der Waals surface area contributed by atoms with E-state index >= 15 is 0 Å². The van der Waals surface area contributed by atoms with E-state index in [0.29, 0.717) is 47.9 Å². The number of rotatable bonds is 2. The second kappa shape index (κ2) is 7.67. The number of halogens is 5. The highest BCUT2D eigenvalue weighted by atomic mass is 35.5. The van der Waals surface area contributed by atoms with Crippen LogP contribution in [-0.4, -0.2) is 18.2 Å². The maximum Gasteiger partial charge on any atom is 0.417 e. The molecule has 140 valence electrons. The first-order valence-corrected chi connectivity index (χ1v) is 8.49. The molecule has 9 heteroatoms. The molecule has 2 aromatic rings. The first-order valence-electron chi connectivity index (χ1n) is 7.73. The Bertz CT molecular complexity index is 953. The van der Waals surface area contributed by atoms with Gasteiger partial charge in [-0.1, -0.05) is 23.2 Å². The van der Waals surface area contributed by atoms with Crippen LogP contribution < -0.4 is 9.47 Å². The minimum Gasteiger partial charge on any atom is -0.489 e. The molecule has 2 heterocycles. The number of nitrogens with zero attached hydrogens (tertiary/aromatic N) is 2. The predicted octanol–water partition coefficient (Wildman–Crippen LogP) is 5.63. The Labute approximate surface area is 162 Å². The van der Waals surface area contributed by atoms with Crippen LogP contribution in [0.5, 0.6) is 11.5 Å². The molecule has 0 N–H and O–H groups in total. The summed E-state index contributed by atoms with van der Waals surface area (Å²) in [5.41, 5.74) is -0.569. The zero-order chi connectivity index (χ0) is 19.6. The zero-order valence-corrected chi connectivity index (χ0v) is 15.1. The molecule has 0 atom stereocenters. The van der Waals surface area contributed by atoms with E-state index in [0.717, 1.165) is 6.07 Å². The standard InChI is InChI=1S/C18H11Cl2F3N2O2/c19-13-7-12(18(21,22)23)9-25-16(13)11(8-24)4-10-5-14(20)17-15(6-10)26-2-1-3-27-17/h4-7,9H,1-3H2. The summed E-state index contributed by atoms with van der Waals surface area (Å²) >= 11 is 12.1. The van der Waals surface area contributed by atoms with Gasteiger partial charge in [0.1, 0.15) is 6.07 Å². The van der Waals surface area contributed by atoms with Gasteiger partial charge in [0.25, 0.3) is 0 Å². The third-order valence-electron chi connectivity index (χ3n) is 3.68. The van der Waals surface area contributed by atoms with Gasteiger partial charge in [-0.3, -0.25) is 4.98 Å². The highest BCUT2D eigenvalue weighted by Gasteiger charge is 2.31. The highest BCUT2D eigenvalue weighted by Crippen LogP contribution is 2.39. The summed E-state index contributed by atoms with van der Waals surface area (Å²) in [5, 5.41) is 9.44. The molecular formula is C18H11Cl2F3N2O2. The number of allylic oxidation sites excluding steroid dienone is 1. The molecular weight excluding hydrogens is 404 g/mol. The van der Waals surface area contributed by atoms with Crippen molar-refractivity contribution in [3.63, 3.8) is 0 Å². The Hall–Kier alpha value is -2.43. The van der Waals surface area contributed by atoms with E-state index in [-0.39, 0.29) is 16.3 Å². The van der Waals surface area contributed by atoms with Gasteiger partial charge in [-0.2, -0.15) is 18.4 Å². The summed E-state index contributed by atoms with van der Waals surface area (Å²) in [4.78, 5) is 3.71. The predicted molar refractivity (Wildman–Crippen MR) is 94.8 cm³/mol. The van der Waals surface area contributed by atoms with E-state index in [1.807, 2.05) is 6.07 Å². The Morgan fingerprint density at radius 1 is 1.15 bits per heavy atom. The van der Waals surface area contributed by atoms with Gasteiger partial charge < -0.3 is 9.47 Å². The molecule has 0 saturated carbocycles. The summed E-state index contributed by atoms with van der Waals surface area (Å²) in [6.45, 7) is 0.921. The van der Waals surface area contributed by atoms with E-state index in [4.69, 9.17) is 32.7 Å². The van der Waals surface area contributed by atoms with E-state index in [1.165, 1.54) is 6.08 Å². The Balaban J connectivity index is 2.02. The number of fused-ring (bicyclic) bond motifs is 1. The summed E-state index contributed by atoms with van der Waals surface area (Å²) in [7, 11) is 0. The fraction of sp³-hybridized carbons (Fsp3) is 0.222. The van der Waals surface area contributed by atoms with Gasteiger partial charge in [0.15, 0.2) is 11.5 Å². The quantitative estimate of drug-likeness (QED) is 0.597. The Morgan fingerprint density at radius 3 is 2.56 bits per heavy atom. The van der Waals surface area contributed by atoms with Crippen LogP contribution in [0.2, 0.25) is 10.0 Å². The molecule has 0 unspecified atom stereocenters. The van der Waals surface area contributed by atoms with Crippen molar-refractivity contribution in [3.05, 3.63) is 51.3 Å². The van der Waals surface area contributed by atoms with E-state index in [9.17, 15) is 18.4 Å². The molecule has 0 spiro atoms. The van der Waals surface area contributed by atoms with Crippen molar-refractivity contribution in [1.82, 2.24) is 4.98 Å². The van der Waals surface area contributed by atoms with Gasteiger partial charge >= 0.3 is 6.18 Å². The molecule has 0 fully saturated rings. The Morgan fingerprint density at radius 2 is 1.89 bits per heavy atom. The van der Waals surface area contributed by atoms with Crippen LogP contribution in [0.3, 0.4) is 0 Å². The SMILES string of the molecule is N#CC(=Cc1cc(Cl)c2c(c1)OCCCO2)c1ncc(C(F)(F)F)cc1Cl. The molecule has 1 aliphatic heterocycles. The average molecular weight is 415 g/mol. The topological polar surface area (TPSA) is 55.1 Å². The van der Waals surface area contributed by atoms with Gasteiger partial charge in [-0.15, -0.1) is 0 Å². The van der Waals surface area contributed by atoms with Crippen LogP contribution >= 0.6 is 23.2 Å². The summed E-state index contributed by atoms with van der Waals surface area (Å²) in [6, 6.07) is 5.81. The summed E-state index contributed by atoms with van der Waals surface area (Å²) in [5.74, 6) is 0.838. The number of benzene rings is 1. The van der Waals surface area contributed by atoms with Crippen LogP contribution in [0.15, 0.2) is 24.4 Å². The first-order chi connectivity index (χ1) is 12.8. The van der Waals surface area contributed by atoms with Gasteiger partial charge in [0.2, 0.25) is 0 Å². The summed E-state index contributed by atoms with van der Waals surface area (Å²) < 4.78 is 49.4. The molecule has 3 rings (SSSR count). The average Bonchev–Trinajstić information content (AvgIpc) is 2.85. The number of aromatic nitrogens is 1. The minimum atomic E-state index is -4.58. The number of alkyl halides is 3. The molecule has 4 nitrogen and oxygen atoms in total. The van der Waals surface area contributed by atoms with Crippen LogP contribution in [0.25, 0.3) is 11.6 Å². The normalized spacial score (nSPS) is 14.4. The second-order valence-electron chi connectivity index (χ2n) is 5.60. The number of hydrogen-bond acceptors (Lipinski definition) is 4. The molecule has 0 aliphatic carbocycles. The van der Waals surface area contributed by atoms with E-state index in [2.05, 4.69) is 4.98 Å². The van der Waals surface area contributed by atoms with E-state index < -0.39 is 11.7 Å². The first kappa shape index (κ1) is 19.3. The Kier molecular flexibility index (Phi) is 5.49. The molecule has 0 amide bonds. The maximum atomic E-state index is 12.7. The second-order valence-corrected chi connectivity index (χ2v) is 6.42. The molecule has 1 aromatic heterocycles. The molecule has 0 bridgehead atoms. The van der Waals surface area contributed by atoms with Crippen molar-refractivity contribution in [3.8, 4) is 17.6 Å². The van der Waals surface area contributed by atoms with Gasteiger partial charge in [0, 0.05) is 12.6 Å². The lowest BCUT2D eigenvalue weighted by atomic mass is 10.1. The smallest absolute Gasteiger partial charge is 0.417 e. The van der Waals surface area contributed by atoms with Crippen molar-refractivity contribution in [1.29, 1.82) is 5.26 Å². The third kappa shape index (κ3) is 4.29. The number of pyridine rings is 1. The molecule has 0 saturated heterocycles. The van der Waals surface area contributed by atoms with Crippen LogP contribution in [-0.2, 0) is 6.18 Å². The van der Waals surface area contributed by atoms with Crippen molar-refractivity contribution in [2.45, 2.75) is 12.6 Å². The molecule has 0 radical (unpaired) electrons. The third-order valence-corrected chi connectivity index (χ3v) is 4.25. The summed E-state index contributed by atoms with van der Waals surface area (Å²) in [6.07, 6.45) is -1.83. The fourth-order valence-electron chi connectivity index (χ4n) is 2.45. The lowest BCUT2D eigenvalue weighted by Crippen LogP contribution is -2.06. The highest BCUT2D eigenvalue weighted by molar-refractivity contribution is 6.33. The fourth-order valence-corrected chi connectivity index (χ4v) is 2.99. The van der Waals surface area contributed by atoms with Crippen molar-refractivity contribution < 1.29 is 22.6 Å². The van der Waals surface area contributed by atoms with E-state index in [1.54, 1.807) is 12.1 Å². The number of ether oxygens (including phenoxy) is 2. The van der Waals surface area contributed by atoms with Crippen LogP contribution in [0, 0.1) is 11.3 Å². The number of hydrogen-bond donors (Lipinski definition) is 0. The maximum absolute atomic E-state index is 12.7. The lowest BCUT2D eigenvalue weighted by molar-refractivity contribution is -0.137. The van der Waals surface area contributed by atoms with Gasteiger partial charge in [-0.05, 0) is 29.8 Å². The monoisotopic (exact) mass is 414 g/mol. The van der Waals surface area contributed by atoms with Gasteiger partial charge in [-0.25, -0.2) is 0 Å². The van der Waals surface area contributed by atoms with Crippen LogP contribution in [0.1, 0.15) is 23.2 Å². The zero-order valence-electron chi connectivity index (χ0n) is 13.6. The number of nitriles is 1.